The summed E-state index contributed by atoms with van der Waals surface area (Å²) in [7, 11) is 0. The molecule has 4 fully saturated rings. The van der Waals surface area contributed by atoms with Gasteiger partial charge in [0, 0.05) is 0 Å². The lowest BCUT2D eigenvalue weighted by Crippen LogP contribution is -2.52. The topological polar surface area (TPSA) is 40.5 Å². The van der Waals surface area contributed by atoms with Crippen molar-refractivity contribution in [2.24, 2.45) is 35.0 Å². The summed E-state index contributed by atoms with van der Waals surface area (Å²) in [6.07, 6.45) is 8.87. The lowest BCUT2D eigenvalue weighted by molar-refractivity contribution is -0.0900. The number of hydrogen-bond donors (Lipinski definition) is 2. The molecular formula is C18H29ClO2. The van der Waals surface area contributed by atoms with Crippen molar-refractivity contribution in [2.45, 2.75) is 75.9 Å². The third-order valence-electron chi connectivity index (χ3n) is 7.95. The maximum Gasteiger partial charge on any atom is 0.0706 e. The average Bonchev–Trinajstić information content (AvgIpc) is 2.78. The summed E-state index contributed by atoms with van der Waals surface area (Å²) in [5, 5.41) is 20.5. The summed E-state index contributed by atoms with van der Waals surface area (Å²) >= 11 is 6.54. The van der Waals surface area contributed by atoms with Gasteiger partial charge in [-0.05, 0) is 86.4 Å². The first-order valence-electron chi connectivity index (χ1n) is 9.02. The van der Waals surface area contributed by atoms with Crippen molar-refractivity contribution in [1.29, 1.82) is 0 Å². The summed E-state index contributed by atoms with van der Waals surface area (Å²) in [5.41, 5.74) is 0.183. The largest absolute Gasteiger partial charge is 0.393 e. The Kier molecular flexibility index (Phi) is 3.60. The van der Waals surface area contributed by atoms with Crippen LogP contribution in [0.3, 0.4) is 0 Å². The van der Waals surface area contributed by atoms with Gasteiger partial charge >= 0.3 is 0 Å². The molecule has 3 heteroatoms. The van der Waals surface area contributed by atoms with E-state index >= 15 is 0 Å². The Morgan fingerprint density at radius 3 is 2.29 bits per heavy atom. The fourth-order valence-electron chi connectivity index (χ4n) is 6.78. The van der Waals surface area contributed by atoms with Gasteiger partial charge in [0.25, 0.3) is 0 Å². The van der Waals surface area contributed by atoms with Gasteiger partial charge in [-0.15, -0.1) is 11.6 Å². The molecule has 4 aliphatic rings. The maximum absolute atomic E-state index is 10.4. The fourth-order valence-corrected chi connectivity index (χ4v) is 7.22. The minimum Gasteiger partial charge on any atom is -0.393 e. The van der Waals surface area contributed by atoms with Crippen molar-refractivity contribution in [3.8, 4) is 0 Å². The third-order valence-corrected chi connectivity index (χ3v) is 8.56. The molecule has 4 aliphatic carbocycles. The zero-order chi connectivity index (χ0) is 14.8. The molecule has 0 aromatic heterocycles. The highest BCUT2D eigenvalue weighted by Gasteiger charge is 2.57. The number of fused-ring (bicyclic) bond motifs is 5. The first kappa shape index (κ1) is 14.8. The predicted octanol–water partition coefficient (Wildman–Crippen LogP) is 3.58. The molecule has 0 aromatic rings. The van der Waals surface area contributed by atoms with E-state index in [1.54, 1.807) is 0 Å². The first-order chi connectivity index (χ1) is 10.0. The summed E-state index contributed by atoms with van der Waals surface area (Å²) in [6.45, 7) is 2.34. The van der Waals surface area contributed by atoms with Crippen molar-refractivity contribution in [3.05, 3.63) is 0 Å². The average molecular weight is 313 g/mol. The van der Waals surface area contributed by atoms with Crippen LogP contribution in [0.15, 0.2) is 0 Å². The summed E-state index contributed by atoms with van der Waals surface area (Å²) in [6, 6.07) is 0. The monoisotopic (exact) mass is 312 g/mol. The maximum atomic E-state index is 10.4. The summed E-state index contributed by atoms with van der Waals surface area (Å²) < 4.78 is 0. The Morgan fingerprint density at radius 2 is 1.48 bits per heavy atom. The zero-order valence-electron chi connectivity index (χ0n) is 13.0. The van der Waals surface area contributed by atoms with E-state index in [1.807, 2.05) is 0 Å². The molecule has 4 unspecified atom stereocenters. The molecular weight excluding hydrogens is 284 g/mol. The van der Waals surface area contributed by atoms with Crippen LogP contribution < -0.4 is 0 Å². The van der Waals surface area contributed by atoms with Gasteiger partial charge in [0.1, 0.15) is 0 Å². The van der Waals surface area contributed by atoms with E-state index in [-0.39, 0.29) is 23.0 Å². The standard InChI is InChI=1S/C18H29ClO2/c1-18-9-8-11-10-4-6-15(20)17(19)13(10)3-2-12(11)14(18)5-7-16(18)21/h10-17,20-21H,2-9H2,1H3/t10-,11-,12-,13?,14+,15?,16?,17?,18+/m1/s1. The van der Waals surface area contributed by atoms with Gasteiger partial charge in [-0.3, -0.25) is 0 Å². The van der Waals surface area contributed by atoms with Gasteiger partial charge < -0.3 is 10.2 Å². The van der Waals surface area contributed by atoms with E-state index in [0.29, 0.717) is 5.92 Å². The van der Waals surface area contributed by atoms with Crippen molar-refractivity contribution in [3.63, 3.8) is 0 Å². The Hall–Kier alpha value is 0.210. The number of alkyl halides is 1. The molecule has 0 saturated heterocycles. The smallest absolute Gasteiger partial charge is 0.0706 e. The summed E-state index contributed by atoms with van der Waals surface area (Å²) in [5.74, 6) is 3.61. The molecule has 0 heterocycles. The molecule has 21 heavy (non-hydrogen) atoms. The SMILES string of the molecule is C[C@]12CC[C@H]3[C@@H](CCC4C(Cl)C(O)CC[C@@H]43)[C@@H]1CCC2O. The number of aliphatic hydroxyl groups is 2. The van der Waals surface area contributed by atoms with E-state index in [0.717, 1.165) is 36.5 Å². The molecule has 2 nitrogen and oxygen atoms in total. The van der Waals surface area contributed by atoms with Crippen LogP contribution in [0.5, 0.6) is 0 Å². The van der Waals surface area contributed by atoms with Crippen LogP contribution in [0, 0.1) is 35.0 Å². The van der Waals surface area contributed by atoms with E-state index in [9.17, 15) is 10.2 Å². The molecule has 0 amide bonds. The molecule has 0 aliphatic heterocycles. The Balaban J connectivity index is 1.58. The second-order valence-corrected chi connectivity index (χ2v) is 9.07. The highest BCUT2D eigenvalue weighted by atomic mass is 35.5. The minimum absolute atomic E-state index is 0.0211. The molecule has 0 aromatic carbocycles. The molecule has 2 N–H and O–H groups in total. The van der Waals surface area contributed by atoms with Gasteiger partial charge in [-0.25, -0.2) is 0 Å². The molecule has 0 spiro atoms. The third kappa shape index (κ3) is 2.05. The summed E-state index contributed by atoms with van der Waals surface area (Å²) in [4.78, 5) is 0. The first-order valence-corrected chi connectivity index (χ1v) is 9.46. The van der Waals surface area contributed by atoms with E-state index in [1.165, 1.54) is 38.5 Å². The van der Waals surface area contributed by atoms with Crippen LogP contribution in [0.4, 0.5) is 0 Å². The molecule has 9 atom stereocenters. The van der Waals surface area contributed by atoms with Gasteiger partial charge in [0.2, 0.25) is 0 Å². The molecule has 4 rings (SSSR count). The minimum atomic E-state index is -0.286. The Bertz CT molecular complexity index is 414. The van der Waals surface area contributed by atoms with Crippen LogP contribution in [-0.2, 0) is 0 Å². The normalized spacial score (nSPS) is 60.0. The Morgan fingerprint density at radius 1 is 0.810 bits per heavy atom. The number of hydrogen-bond acceptors (Lipinski definition) is 2. The Labute approximate surface area is 133 Å². The van der Waals surface area contributed by atoms with Crippen LogP contribution in [-0.4, -0.2) is 27.8 Å². The van der Waals surface area contributed by atoms with E-state index in [4.69, 9.17) is 11.6 Å². The van der Waals surface area contributed by atoms with Crippen molar-refractivity contribution in [1.82, 2.24) is 0 Å². The van der Waals surface area contributed by atoms with Crippen molar-refractivity contribution in [2.75, 3.05) is 0 Å². The van der Waals surface area contributed by atoms with Crippen LogP contribution in [0.1, 0.15) is 58.3 Å². The number of rotatable bonds is 0. The lowest BCUT2D eigenvalue weighted by Gasteiger charge is -2.56. The molecule has 0 radical (unpaired) electrons. The van der Waals surface area contributed by atoms with Crippen LogP contribution >= 0.6 is 11.6 Å². The van der Waals surface area contributed by atoms with Crippen LogP contribution in [0.2, 0.25) is 0 Å². The second-order valence-electron chi connectivity index (χ2n) is 8.57. The number of halogens is 1. The predicted molar refractivity (Wildman–Crippen MR) is 84.1 cm³/mol. The van der Waals surface area contributed by atoms with Gasteiger partial charge in [0.05, 0.1) is 17.6 Å². The second kappa shape index (κ2) is 5.11. The fraction of sp³-hybridized carbons (Fsp3) is 1.00. The molecule has 120 valence electrons. The lowest BCUT2D eigenvalue weighted by atomic mass is 9.50. The highest BCUT2D eigenvalue weighted by Crippen LogP contribution is 2.62. The zero-order valence-corrected chi connectivity index (χ0v) is 13.8. The quantitative estimate of drug-likeness (QED) is 0.671. The van der Waals surface area contributed by atoms with E-state index < -0.39 is 0 Å². The van der Waals surface area contributed by atoms with Gasteiger partial charge in [-0.2, -0.15) is 0 Å². The van der Waals surface area contributed by atoms with Crippen molar-refractivity contribution < 1.29 is 10.2 Å². The molecule has 0 bridgehead atoms. The molecule has 4 saturated carbocycles. The number of aliphatic hydroxyl groups excluding tert-OH is 2. The highest BCUT2D eigenvalue weighted by molar-refractivity contribution is 6.21. The van der Waals surface area contributed by atoms with E-state index in [2.05, 4.69) is 6.92 Å². The van der Waals surface area contributed by atoms with Crippen molar-refractivity contribution >= 4 is 11.6 Å². The van der Waals surface area contributed by atoms with Gasteiger partial charge in [0.15, 0.2) is 0 Å². The van der Waals surface area contributed by atoms with Crippen LogP contribution in [0.25, 0.3) is 0 Å². The van der Waals surface area contributed by atoms with Gasteiger partial charge in [-0.1, -0.05) is 6.92 Å².